The molecule has 0 fully saturated rings. The third-order valence-corrected chi connectivity index (χ3v) is 4.69. The number of nitrogens with two attached hydrogens (primary N) is 1. The monoisotopic (exact) mass is 429 g/mol. The zero-order valence-corrected chi connectivity index (χ0v) is 16.7. The Labute approximate surface area is 174 Å². The van der Waals surface area contributed by atoms with Gasteiger partial charge in [-0.3, -0.25) is 9.97 Å². The van der Waals surface area contributed by atoms with Crippen LogP contribution in [0.2, 0.25) is 0 Å². The fourth-order valence-electron chi connectivity index (χ4n) is 3.44. The maximum absolute atomic E-state index is 12.8. The summed E-state index contributed by atoms with van der Waals surface area (Å²) in [5, 5.41) is 4.21. The second kappa shape index (κ2) is 7.49. The molecule has 8 nitrogen and oxygen atoms in total. The Hall–Kier alpha value is -3.76. The van der Waals surface area contributed by atoms with Gasteiger partial charge in [0.25, 0.3) is 0 Å². The molecule has 4 rings (SSSR count). The Kier molecular flexibility index (Phi) is 4.96. The van der Waals surface area contributed by atoms with Crippen molar-refractivity contribution in [1.82, 2.24) is 29.1 Å². The van der Waals surface area contributed by atoms with Crippen LogP contribution in [0.3, 0.4) is 0 Å². The number of hydrogen-bond donors (Lipinski definition) is 1. The molecule has 0 spiro atoms. The third kappa shape index (κ3) is 3.98. The van der Waals surface area contributed by atoms with Crippen molar-refractivity contribution in [2.75, 3.05) is 5.73 Å². The lowest BCUT2D eigenvalue weighted by Gasteiger charge is -2.12. The van der Waals surface area contributed by atoms with Crippen molar-refractivity contribution in [3.05, 3.63) is 58.5 Å². The van der Waals surface area contributed by atoms with E-state index in [1.807, 2.05) is 13.8 Å². The van der Waals surface area contributed by atoms with Crippen molar-refractivity contribution in [3.8, 4) is 22.4 Å². The summed E-state index contributed by atoms with van der Waals surface area (Å²) in [6.07, 6.45) is -2.45. The van der Waals surface area contributed by atoms with Crippen LogP contribution in [0.1, 0.15) is 17.8 Å². The standard InChI is InChI=1S/C20H18F3N7O/c1-11-9-14(10-12(2)26-11)15-16(13-3-6-25-7-4-13)27-18(24)30-17(15)28-29(19(30)31)8-5-20(21,22)23/h3-4,6-7,9-10H,5,8H2,1-2H3,(H2,24,27). The van der Waals surface area contributed by atoms with Crippen LogP contribution in [-0.2, 0) is 6.54 Å². The molecule has 0 aromatic carbocycles. The van der Waals surface area contributed by atoms with Gasteiger partial charge in [0, 0.05) is 29.3 Å². The van der Waals surface area contributed by atoms with Crippen molar-refractivity contribution in [1.29, 1.82) is 0 Å². The van der Waals surface area contributed by atoms with Crippen molar-refractivity contribution in [2.45, 2.75) is 33.0 Å². The summed E-state index contributed by atoms with van der Waals surface area (Å²) < 4.78 is 40.0. The summed E-state index contributed by atoms with van der Waals surface area (Å²) >= 11 is 0. The molecule has 0 aliphatic carbocycles. The van der Waals surface area contributed by atoms with Crippen LogP contribution < -0.4 is 11.4 Å². The van der Waals surface area contributed by atoms with Crippen LogP contribution >= 0.6 is 0 Å². The molecular formula is C20H18F3N7O. The maximum Gasteiger partial charge on any atom is 0.390 e. The Morgan fingerprint density at radius 2 is 1.68 bits per heavy atom. The molecule has 0 bridgehead atoms. The summed E-state index contributed by atoms with van der Waals surface area (Å²) in [5.74, 6) is -0.170. The molecule has 160 valence electrons. The van der Waals surface area contributed by atoms with E-state index in [0.29, 0.717) is 22.4 Å². The van der Waals surface area contributed by atoms with Gasteiger partial charge >= 0.3 is 11.9 Å². The summed E-state index contributed by atoms with van der Waals surface area (Å²) in [7, 11) is 0. The van der Waals surface area contributed by atoms with Crippen LogP contribution in [0.5, 0.6) is 0 Å². The van der Waals surface area contributed by atoms with Gasteiger partial charge in [-0.25, -0.2) is 18.9 Å². The Morgan fingerprint density at radius 1 is 1.03 bits per heavy atom. The van der Waals surface area contributed by atoms with E-state index in [1.54, 1.807) is 36.7 Å². The summed E-state index contributed by atoms with van der Waals surface area (Å²) in [4.78, 5) is 25.6. The van der Waals surface area contributed by atoms with Gasteiger partial charge in [-0.1, -0.05) is 0 Å². The normalized spacial score (nSPS) is 11.9. The first-order chi connectivity index (χ1) is 14.6. The minimum absolute atomic E-state index is 0.122. The van der Waals surface area contributed by atoms with E-state index in [4.69, 9.17) is 5.73 Å². The van der Waals surface area contributed by atoms with Gasteiger partial charge < -0.3 is 5.73 Å². The van der Waals surface area contributed by atoms with Crippen molar-refractivity contribution >= 4 is 11.6 Å². The topological polar surface area (TPSA) is 104 Å². The quantitative estimate of drug-likeness (QED) is 0.534. The largest absolute Gasteiger partial charge is 0.390 e. The SMILES string of the molecule is Cc1cc(-c2c(-c3ccncc3)nc(N)n3c(=O)n(CCC(F)(F)F)nc23)cc(C)n1. The molecule has 0 unspecified atom stereocenters. The lowest BCUT2D eigenvalue weighted by molar-refractivity contribution is -0.137. The van der Waals surface area contributed by atoms with Gasteiger partial charge in [-0.2, -0.15) is 13.2 Å². The fourth-order valence-corrected chi connectivity index (χ4v) is 3.44. The molecule has 0 saturated heterocycles. The second-order valence-corrected chi connectivity index (χ2v) is 7.10. The molecule has 0 saturated carbocycles. The lowest BCUT2D eigenvalue weighted by Crippen LogP contribution is -2.25. The molecule has 4 heterocycles. The first-order valence-electron chi connectivity index (χ1n) is 9.36. The van der Waals surface area contributed by atoms with Gasteiger partial charge in [0.2, 0.25) is 5.95 Å². The molecule has 11 heteroatoms. The molecule has 0 aliphatic heterocycles. The van der Waals surface area contributed by atoms with Crippen molar-refractivity contribution in [3.63, 3.8) is 0 Å². The van der Waals surface area contributed by atoms with Crippen LogP contribution in [0.25, 0.3) is 28.0 Å². The van der Waals surface area contributed by atoms with Gasteiger partial charge in [0.1, 0.15) is 0 Å². The van der Waals surface area contributed by atoms with E-state index in [9.17, 15) is 18.0 Å². The minimum atomic E-state index is -4.43. The molecule has 4 aromatic heterocycles. The highest BCUT2D eigenvalue weighted by Gasteiger charge is 2.28. The number of rotatable bonds is 4. The smallest absolute Gasteiger partial charge is 0.369 e. The molecule has 0 atom stereocenters. The summed E-state index contributed by atoms with van der Waals surface area (Å²) in [6, 6.07) is 7.04. The number of pyridine rings is 2. The molecule has 2 N–H and O–H groups in total. The van der Waals surface area contributed by atoms with Crippen molar-refractivity contribution < 1.29 is 13.2 Å². The zero-order valence-electron chi connectivity index (χ0n) is 16.7. The number of alkyl halides is 3. The van der Waals surface area contributed by atoms with E-state index in [0.717, 1.165) is 20.5 Å². The third-order valence-electron chi connectivity index (χ3n) is 4.69. The van der Waals surface area contributed by atoms with E-state index in [2.05, 4.69) is 20.1 Å². The Morgan fingerprint density at radius 3 is 2.29 bits per heavy atom. The van der Waals surface area contributed by atoms with E-state index in [-0.39, 0.29) is 11.6 Å². The zero-order chi connectivity index (χ0) is 22.3. The maximum atomic E-state index is 12.8. The van der Waals surface area contributed by atoms with Gasteiger partial charge in [-0.05, 0) is 43.7 Å². The van der Waals surface area contributed by atoms with Gasteiger partial charge in [0.15, 0.2) is 5.65 Å². The number of nitrogen functional groups attached to an aromatic ring is 1. The average Bonchev–Trinajstić information content (AvgIpc) is 3.02. The first kappa shape index (κ1) is 20.5. The number of anilines is 1. The number of aromatic nitrogens is 6. The molecule has 4 aromatic rings. The van der Waals surface area contributed by atoms with Crippen molar-refractivity contribution in [2.24, 2.45) is 0 Å². The fraction of sp³-hybridized carbons (Fsp3) is 0.250. The Balaban J connectivity index is 2.05. The number of fused-ring (bicyclic) bond motifs is 1. The van der Waals surface area contributed by atoms with Crippen LogP contribution in [-0.4, -0.2) is 35.3 Å². The van der Waals surface area contributed by atoms with Gasteiger partial charge in [-0.15, -0.1) is 5.10 Å². The summed E-state index contributed by atoms with van der Waals surface area (Å²) in [5.41, 5.74) is 9.08. The van der Waals surface area contributed by atoms with E-state index in [1.165, 1.54) is 0 Å². The number of hydrogen-bond acceptors (Lipinski definition) is 6. The molecule has 0 radical (unpaired) electrons. The highest BCUT2D eigenvalue weighted by Crippen LogP contribution is 2.34. The van der Waals surface area contributed by atoms with Crippen LogP contribution in [0.15, 0.2) is 41.5 Å². The number of halogens is 3. The second-order valence-electron chi connectivity index (χ2n) is 7.10. The highest BCUT2D eigenvalue weighted by molar-refractivity contribution is 5.90. The molecular weight excluding hydrogens is 411 g/mol. The van der Waals surface area contributed by atoms with Gasteiger partial charge in [0.05, 0.1) is 24.2 Å². The number of aryl methyl sites for hydroxylation is 3. The minimum Gasteiger partial charge on any atom is -0.369 e. The lowest BCUT2D eigenvalue weighted by atomic mass is 10.00. The molecule has 31 heavy (non-hydrogen) atoms. The number of nitrogens with zero attached hydrogens (tertiary/aromatic N) is 6. The Bertz CT molecular complexity index is 1310. The first-order valence-corrected chi connectivity index (χ1v) is 9.36. The highest BCUT2D eigenvalue weighted by atomic mass is 19.4. The average molecular weight is 429 g/mol. The van der Waals surface area contributed by atoms with E-state index >= 15 is 0 Å². The predicted molar refractivity (Wildman–Crippen MR) is 108 cm³/mol. The predicted octanol–water partition coefficient (Wildman–Crippen LogP) is 3.17. The van der Waals surface area contributed by atoms with E-state index < -0.39 is 24.8 Å². The summed E-state index contributed by atoms with van der Waals surface area (Å²) in [6.45, 7) is 3.01. The molecule has 0 aliphatic rings. The molecule has 0 amide bonds. The van der Waals surface area contributed by atoms with Crippen LogP contribution in [0.4, 0.5) is 19.1 Å². The van der Waals surface area contributed by atoms with Crippen LogP contribution in [0, 0.1) is 13.8 Å².